The summed E-state index contributed by atoms with van der Waals surface area (Å²) in [6, 6.07) is 6.84. The molecule has 0 bridgehead atoms. The van der Waals surface area contributed by atoms with Gasteiger partial charge in [0, 0.05) is 29.7 Å². The summed E-state index contributed by atoms with van der Waals surface area (Å²) in [5.74, 6) is -0.360. The number of rotatable bonds is 8. The average Bonchev–Trinajstić information content (AvgIpc) is 3.06. The number of benzene rings is 1. The van der Waals surface area contributed by atoms with E-state index in [9.17, 15) is 9.59 Å². The van der Waals surface area contributed by atoms with Crippen molar-refractivity contribution in [3.63, 3.8) is 0 Å². The molecule has 0 saturated heterocycles. The molecule has 134 valence electrons. The van der Waals surface area contributed by atoms with Crippen LogP contribution in [0.15, 0.2) is 29.6 Å². The van der Waals surface area contributed by atoms with Gasteiger partial charge in [-0.2, -0.15) is 0 Å². The average molecular weight is 360 g/mol. The molecule has 0 saturated carbocycles. The molecule has 6 nitrogen and oxygen atoms in total. The topological polar surface area (TPSA) is 74.3 Å². The zero-order valence-electron chi connectivity index (χ0n) is 14.8. The number of thiazole rings is 1. The molecule has 0 aliphatic heterocycles. The summed E-state index contributed by atoms with van der Waals surface area (Å²) in [5, 5.41) is 8.26. The van der Waals surface area contributed by atoms with E-state index >= 15 is 0 Å². The molecule has 2 N–H and O–H groups in total. The van der Waals surface area contributed by atoms with Crippen LogP contribution in [0.25, 0.3) is 0 Å². The van der Waals surface area contributed by atoms with Crippen LogP contribution in [0.2, 0.25) is 0 Å². The number of nitrogens with zero attached hydrogens (tertiary/aromatic N) is 2. The maximum absolute atomic E-state index is 12.1. The first-order valence-electron chi connectivity index (χ1n) is 8.37. The van der Waals surface area contributed by atoms with Gasteiger partial charge in [0.1, 0.15) is 5.69 Å². The van der Waals surface area contributed by atoms with Crippen LogP contribution in [-0.4, -0.2) is 47.9 Å². The highest BCUT2D eigenvalue weighted by atomic mass is 32.1. The van der Waals surface area contributed by atoms with Crippen molar-refractivity contribution in [2.45, 2.75) is 20.8 Å². The summed E-state index contributed by atoms with van der Waals surface area (Å²) >= 11 is 1.43. The van der Waals surface area contributed by atoms with Crippen molar-refractivity contribution in [3.8, 4) is 0 Å². The number of anilines is 1. The number of aryl methyl sites for hydroxylation is 1. The van der Waals surface area contributed by atoms with E-state index in [0.29, 0.717) is 23.5 Å². The van der Waals surface area contributed by atoms with Crippen LogP contribution in [0.3, 0.4) is 0 Å². The van der Waals surface area contributed by atoms with Crippen molar-refractivity contribution in [2.75, 3.05) is 31.5 Å². The quantitative estimate of drug-likeness (QED) is 0.759. The third kappa shape index (κ3) is 5.65. The summed E-state index contributed by atoms with van der Waals surface area (Å²) in [4.78, 5) is 30.6. The highest BCUT2D eigenvalue weighted by molar-refractivity contribution is 7.09. The first-order valence-corrected chi connectivity index (χ1v) is 9.25. The molecule has 25 heavy (non-hydrogen) atoms. The Morgan fingerprint density at radius 2 is 1.80 bits per heavy atom. The molecule has 0 radical (unpaired) electrons. The van der Waals surface area contributed by atoms with Gasteiger partial charge in [-0.3, -0.25) is 9.59 Å². The van der Waals surface area contributed by atoms with E-state index < -0.39 is 0 Å². The minimum Gasteiger partial charge on any atom is -0.351 e. The summed E-state index contributed by atoms with van der Waals surface area (Å²) < 4.78 is 0. The molecule has 0 aliphatic carbocycles. The van der Waals surface area contributed by atoms with Crippen molar-refractivity contribution in [1.29, 1.82) is 0 Å². The lowest BCUT2D eigenvalue weighted by molar-refractivity contribution is 0.0948. The Bertz CT molecular complexity index is 708. The molecule has 2 aromatic rings. The summed E-state index contributed by atoms with van der Waals surface area (Å²) in [6.07, 6.45) is 0. The van der Waals surface area contributed by atoms with Crippen molar-refractivity contribution in [1.82, 2.24) is 15.2 Å². The normalized spacial score (nSPS) is 10.7. The van der Waals surface area contributed by atoms with Gasteiger partial charge < -0.3 is 15.5 Å². The monoisotopic (exact) mass is 360 g/mol. The highest BCUT2D eigenvalue weighted by Crippen LogP contribution is 2.13. The molecule has 0 atom stereocenters. The van der Waals surface area contributed by atoms with Crippen LogP contribution in [0, 0.1) is 6.92 Å². The largest absolute Gasteiger partial charge is 0.351 e. The van der Waals surface area contributed by atoms with Crippen LogP contribution in [0.4, 0.5) is 5.69 Å². The van der Waals surface area contributed by atoms with Gasteiger partial charge in [0.15, 0.2) is 0 Å². The standard InChI is InChI=1S/C18H24N4O2S/c1-4-22(5-2)11-10-19-17(23)14-6-8-15(9-7-14)21-18(24)16-12-25-13(3)20-16/h6-9,12H,4-5,10-11H2,1-3H3,(H,19,23)(H,21,24). The van der Waals surface area contributed by atoms with Gasteiger partial charge in [-0.25, -0.2) is 4.98 Å². The number of hydrogen-bond acceptors (Lipinski definition) is 5. The van der Waals surface area contributed by atoms with Crippen molar-refractivity contribution in [3.05, 3.63) is 45.9 Å². The summed E-state index contributed by atoms with van der Waals surface area (Å²) in [7, 11) is 0. The third-order valence-corrected chi connectivity index (χ3v) is 4.64. The maximum Gasteiger partial charge on any atom is 0.275 e. The van der Waals surface area contributed by atoms with E-state index in [1.807, 2.05) is 6.92 Å². The predicted molar refractivity (Wildman–Crippen MR) is 101 cm³/mol. The molecule has 0 aliphatic rings. The second kappa shape index (κ2) is 9.29. The molecule has 2 amide bonds. The molecule has 1 aromatic heterocycles. The van der Waals surface area contributed by atoms with Gasteiger partial charge in [-0.05, 0) is 44.3 Å². The lowest BCUT2D eigenvalue weighted by Gasteiger charge is -2.17. The third-order valence-electron chi connectivity index (χ3n) is 3.86. The predicted octanol–water partition coefficient (Wildman–Crippen LogP) is 2.78. The lowest BCUT2D eigenvalue weighted by atomic mass is 10.2. The molecule has 7 heteroatoms. The van der Waals surface area contributed by atoms with Gasteiger partial charge in [-0.15, -0.1) is 11.3 Å². The minimum atomic E-state index is -0.249. The van der Waals surface area contributed by atoms with Gasteiger partial charge >= 0.3 is 0 Å². The minimum absolute atomic E-state index is 0.111. The van der Waals surface area contributed by atoms with E-state index in [2.05, 4.69) is 34.4 Å². The second-order valence-corrected chi connectivity index (χ2v) is 6.63. The van der Waals surface area contributed by atoms with Gasteiger partial charge in [-0.1, -0.05) is 13.8 Å². The van der Waals surface area contributed by atoms with Crippen molar-refractivity contribution in [2.24, 2.45) is 0 Å². The fraction of sp³-hybridized carbons (Fsp3) is 0.389. The number of aromatic nitrogens is 1. The summed E-state index contributed by atoms with van der Waals surface area (Å²) in [6.45, 7) is 9.45. The number of likely N-dealkylation sites (N-methyl/N-ethyl adjacent to an activating group) is 1. The smallest absolute Gasteiger partial charge is 0.275 e. The number of carbonyl (C=O) groups excluding carboxylic acids is 2. The van der Waals surface area contributed by atoms with Crippen LogP contribution >= 0.6 is 11.3 Å². The van der Waals surface area contributed by atoms with Crippen LogP contribution in [-0.2, 0) is 0 Å². The van der Waals surface area contributed by atoms with E-state index in [4.69, 9.17) is 0 Å². The van der Waals surface area contributed by atoms with Gasteiger partial charge in [0.25, 0.3) is 11.8 Å². The van der Waals surface area contributed by atoms with E-state index in [0.717, 1.165) is 24.6 Å². The SMILES string of the molecule is CCN(CC)CCNC(=O)c1ccc(NC(=O)c2csc(C)n2)cc1. The fourth-order valence-corrected chi connectivity index (χ4v) is 2.93. The van der Waals surface area contributed by atoms with Gasteiger partial charge in [0.2, 0.25) is 0 Å². The molecular formula is C18H24N4O2S. The molecule has 1 heterocycles. The Morgan fingerprint density at radius 1 is 1.12 bits per heavy atom. The number of amides is 2. The lowest BCUT2D eigenvalue weighted by Crippen LogP contribution is -2.34. The molecule has 0 fully saturated rings. The highest BCUT2D eigenvalue weighted by Gasteiger charge is 2.10. The molecule has 0 spiro atoms. The fourth-order valence-electron chi connectivity index (χ4n) is 2.34. The Balaban J connectivity index is 1.86. The van der Waals surface area contributed by atoms with E-state index in [1.165, 1.54) is 11.3 Å². The zero-order valence-corrected chi connectivity index (χ0v) is 15.7. The number of carbonyl (C=O) groups is 2. The van der Waals surface area contributed by atoms with E-state index in [-0.39, 0.29) is 11.8 Å². The first-order chi connectivity index (χ1) is 12.0. The molecule has 0 unspecified atom stereocenters. The molecule has 2 rings (SSSR count). The van der Waals surface area contributed by atoms with Crippen LogP contribution < -0.4 is 10.6 Å². The maximum atomic E-state index is 12.1. The van der Waals surface area contributed by atoms with Gasteiger partial charge in [0.05, 0.1) is 5.01 Å². The second-order valence-electron chi connectivity index (χ2n) is 5.57. The van der Waals surface area contributed by atoms with Crippen LogP contribution in [0.5, 0.6) is 0 Å². The molecular weight excluding hydrogens is 336 g/mol. The Morgan fingerprint density at radius 3 is 2.36 bits per heavy atom. The van der Waals surface area contributed by atoms with Crippen LogP contribution in [0.1, 0.15) is 39.7 Å². The van der Waals surface area contributed by atoms with Crippen molar-refractivity contribution < 1.29 is 9.59 Å². The Hall–Kier alpha value is -2.25. The molecule has 1 aromatic carbocycles. The number of hydrogen-bond donors (Lipinski definition) is 2. The first kappa shape index (κ1) is 19.1. The summed E-state index contributed by atoms with van der Waals surface area (Å²) in [5.41, 5.74) is 1.61. The zero-order chi connectivity index (χ0) is 18.2. The van der Waals surface area contributed by atoms with Crippen molar-refractivity contribution >= 4 is 28.8 Å². The Kier molecular flexibility index (Phi) is 7.09. The Labute approximate surface area is 152 Å². The number of nitrogens with one attached hydrogen (secondary N) is 2. The van der Waals surface area contributed by atoms with E-state index in [1.54, 1.807) is 29.6 Å².